The first-order valence-corrected chi connectivity index (χ1v) is 4.70. The van der Waals surface area contributed by atoms with Crippen molar-refractivity contribution in [2.45, 2.75) is 12.8 Å². The topological polar surface area (TPSA) is 53.4 Å². The molecular formula is C10H12N2O2. The van der Waals surface area contributed by atoms with Gasteiger partial charge >= 0.3 is 5.97 Å². The van der Waals surface area contributed by atoms with Gasteiger partial charge in [0.25, 0.3) is 0 Å². The Labute approximate surface area is 82.2 Å². The van der Waals surface area contributed by atoms with Gasteiger partial charge in [-0.1, -0.05) is 0 Å². The molecule has 74 valence electrons. The maximum Gasteiger partial charge on any atom is 0.337 e. The smallest absolute Gasteiger partial charge is 0.337 e. The van der Waals surface area contributed by atoms with Crippen LogP contribution >= 0.6 is 0 Å². The number of carbonyl (C=O) groups is 1. The van der Waals surface area contributed by atoms with Gasteiger partial charge < -0.3 is 10.0 Å². The van der Waals surface area contributed by atoms with Crippen LogP contribution in [-0.4, -0.2) is 29.1 Å². The fraction of sp³-hybridized carbons (Fsp3) is 0.400. The molecule has 0 aromatic carbocycles. The first kappa shape index (κ1) is 8.99. The number of rotatable bonds is 2. The van der Waals surface area contributed by atoms with E-state index in [4.69, 9.17) is 5.11 Å². The van der Waals surface area contributed by atoms with E-state index in [0.29, 0.717) is 0 Å². The van der Waals surface area contributed by atoms with E-state index >= 15 is 0 Å². The lowest BCUT2D eigenvalue weighted by atomic mass is 10.2. The van der Waals surface area contributed by atoms with Gasteiger partial charge in [0.05, 0.1) is 17.4 Å². The van der Waals surface area contributed by atoms with E-state index in [2.05, 4.69) is 9.88 Å². The Kier molecular flexibility index (Phi) is 2.35. The van der Waals surface area contributed by atoms with Gasteiger partial charge in [0.2, 0.25) is 0 Å². The molecule has 1 aromatic rings. The predicted molar refractivity (Wildman–Crippen MR) is 52.6 cm³/mol. The zero-order valence-corrected chi connectivity index (χ0v) is 7.81. The zero-order valence-electron chi connectivity index (χ0n) is 7.81. The highest BCUT2D eigenvalue weighted by molar-refractivity contribution is 5.88. The normalized spacial score (nSPS) is 15.9. The van der Waals surface area contributed by atoms with Crippen LogP contribution in [0.1, 0.15) is 23.2 Å². The molecule has 0 spiro atoms. The quantitative estimate of drug-likeness (QED) is 0.769. The van der Waals surface area contributed by atoms with Crippen LogP contribution < -0.4 is 4.90 Å². The molecule has 1 aliphatic heterocycles. The number of hydrogen-bond donors (Lipinski definition) is 1. The van der Waals surface area contributed by atoms with Crippen molar-refractivity contribution < 1.29 is 9.90 Å². The minimum Gasteiger partial charge on any atom is -0.478 e. The lowest BCUT2D eigenvalue weighted by Gasteiger charge is -2.16. The molecule has 4 nitrogen and oxygen atoms in total. The van der Waals surface area contributed by atoms with Crippen LogP contribution in [0.4, 0.5) is 5.69 Å². The van der Waals surface area contributed by atoms with Crippen molar-refractivity contribution >= 4 is 11.7 Å². The van der Waals surface area contributed by atoms with Gasteiger partial charge in [0.1, 0.15) is 0 Å². The van der Waals surface area contributed by atoms with Crippen LogP contribution in [-0.2, 0) is 0 Å². The molecule has 4 heteroatoms. The fourth-order valence-electron chi connectivity index (χ4n) is 1.69. The summed E-state index contributed by atoms with van der Waals surface area (Å²) in [5, 5.41) is 8.79. The first-order chi connectivity index (χ1) is 6.77. The first-order valence-electron chi connectivity index (χ1n) is 4.70. The third kappa shape index (κ3) is 1.69. The molecule has 1 N–H and O–H groups in total. The molecule has 0 unspecified atom stereocenters. The summed E-state index contributed by atoms with van der Waals surface area (Å²) < 4.78 is 0. The van der Waals surface area contributed by atoms with E-state index in [1.54, 1.807) is 12.3 Å². The molecule has 0 aliphatic carbocycles. The Hall–Kier alpha value is -1.58. The highest BCUT2D eigenvalue weighted by atomic mass is 16.4. The molecule has 2 heterocycles. The van der Waals surface area contributed by atoms with Crippen molar-refractivity contribution in [1.29, 1.82) is 0 Å². The molecule has 1 aliphatic rings. The van der Waals surface area contributed by atoms with Crippen LogP contribution in [0.5, 0.6) is 0 Å². The average molecular weight is 192 g/mol. The molecule has 0 bridgehead atoms. The number of anilines is 1. The summed E-state index contributed by atoms with van der Waals surface area (Å²) in [5.74, 6) is -0.918. The summed E-state index contributed by atoms with van der Waals surface area (Å²) in [6.45, 7) is 2.01. The van der Waals surface area contributed by atoms with E-state index in [9.17, 15) is 4.79 Å². The van der Waals surface area contributed by atoms with Crippen molar-refractivity contribution in [3.05, 3.63) is 24.0 Å². The molecule has 2 rings (SSSR count). The summed E-state index contributed by atoms with van der Waals surface area (Å²) >= 11 is 0. The molecule has 14 heavy (non-hydrogen) atoms. The number of carboxylic acid groups (broad SMARTS) is 1. The number of aromatic carboxylic acids is 1. The summed E-state index contributed by atoms with van der Waals surface area (Å²) in [6.07, 6.45) is 5.45. The van der Waals surface area contributed by atoms with E-state index in [1.807, 2.05) is 0 Å². The van der Waals surface area contributed by atoms with E-state index in [-0.39, 0.29) is 5.56 Å². The SMILES string of the molecule is O=C(O)c1cncc(N2CCCC2)c1. The number of carboxylic acids is 1. The van der Waals surface area contributed by atoms with Crippen LogP contribution in [0.3, 0.4) is 0 Å². The predicted octanol–water partition coefficient (Wildman–Crippen LogP) is 1.38. The van der Waals surface area contributed by atoms with Gasteiger partial charge in [0.15, 0.2) is 0 Å². The van der Waals surface area contributed by atoms with Crippen LogP contribution in [0, 0.1) is 0 Å². The molecule has 1 aromatic heterocycles. The monoisotopic (exact) mass is 192 g/mol. The van der Waals surface area contributed by atoms with Crippen molar-refractivity contribution in [2.75, 3.05) is 18.0 Å². The second-order valence-corrected chi connectivity index (χ2v) is 3.43. The molecule has 0 atom stereocenters. The highest BCUT2D eigenvalue weighted by Gasteiger charge is 2.14. The maximum atomic E-state index is 10.7. The Bertz CT molecular complexity index is 346. The minimum atomic E-state index is -0.918. The second kappa shape index (κ2) is 3.65. The van der Waals surface area contributed by atoms with Gasteiger partial charge in [-0.2, -0.15) is 0 Å². The molecule has 0 amide bonds. The lowest BCUT2D eigenvalue weighted by molar-refractivity contribution is 0.0696. The van der Waals surface area contributed by atoms with Crippen LogP contribution in [0.2, 0.25) is 0 Å². The van der Waals surface area contributed by atoms with E-state index in [0.717, 1.165) is 18.8 Å². The van der Waals surface area contributed by atoms with Crippen LogP contribution in [0.25, 0.3) is 0 Å². The van der Waals surface area contributed by atoms with Gasteiger partial charge in [0, 0.05) is 19.3 Å². The van der Waals surface area contributed by atoms with E-state index in [1.165, 1.54) is 19.0 Å². The van der Waals surface area contributed by atoms with Crippen molar-refractivity contribution in [2.24, 2.45) is 0 Å². The number of aromatic nitrogens is 1. The zero-order chi connectivity index (χ0) is 9.97. The molecular weight excluding hydrogens is 180 g/mol. The Morgan fingerprint density at radius 1 is 1.36 bits per heavy atom. The van der Waals surface area contributed by atoms with Crippen molar-refractivity contribution in [3.63, 3.8) is 0 Å². The summed E-state index contributed by atoms with van der Waals surface area (Å²) in [6, 6.07) is 1.68. The Balaban J connectivity index is 2.25. The van der Waals surface area contributed by atoms with Crippen molar-refractivity contribution in [1.82, 2.24) is 4.98 Å². The minimum absolute atomic E-state index is 0.259. The van der Waals surface area contributed by atoms with Crippen molar-refractivity contribution in [3.8, 4) is 0 Å². The molecule has 1 fully saturated rings. The van der Waals surface area contributed by atoms with Gasteiger partial charge in [-0.05, 0) is 18.9 Å². The molecule has 0 saturated carbocycles. The molecule has 1 saturated heterocycles. The van der Waals surface area contributed by atoms with E-state index < -0.39 is 5.97 Å². The largest absolute Gasteiger partial charge is 0.478 e. The second-order valence-electron chi connectivity index (χ2n) is 3.43. The summed E-state index contributed by atoms with van der Waals surface area (Å²) in [4.78, 5) is 16.8. The van der Waals surface area contributed by atoms with Gasteiger partial charge in [-0.15, -0.1) is 0 Å². The lowest BCUT2D eigenvalue weighted by Crippen LogP contribution is -2.18. The highest BCUT2D eigenvalue weighted by Crippen LogP contribution is 2.19. The Morgan fingerprint density at radius 3 is 2.71 bits per heavy atom. The number of hydrogen-bond acceptors (Lipinski definition) is 3. The third-order valence-electron chi connectivity index (χ3n) is 2.44. The Morgan fingerprint density at radius 2 is 2.07 bits per heavy atom. The van der Waals surface area contributed by atoms with Crippen LogP contribution in [0.15, 0.2) is 18.5 Å². The molecule has 0 radical (unpaired) electrons. The summed E-state index contributed by atoms with van der Waals surface area (Å²) in [7, 11) is 0. The summed E-state index contributed by atoms with van der Waals surface area (Å²) in [5.41, 5.74) is 1.18. The number of pyridine rings is 1. The van der Waals surface area contributed by atoms with Gasteiger partial charge in [-0.3, -0.25) is 4.98 Å². The maximum absolute atomic E-state index is 10.7. The fourth-order valence-corrected chi connectivity index (χ4v) is 1.69. The third-order valence-corrected chi connectivity index (χ3v) is 2.44. The van der Waals surface area contributed by atoms with Gasteiger partial charge in [-0.25, -0.2) is 4.79 Å². The average Bonchev–Trinajstić information content (AvgIpc) is 2.71. The number of nitrogens with zero attached hydrogens (tertiary/aromatic N) is 2. The standard InChI is InChI=1S/C10H12N2O2/c13-10(14)8-5-9(7-11-6-8)12-3-1-2-4-12/h5-7H,1-4H2,(H,13,14).